The van der Waals surface area contributed by atoms with E-state index in [1.165, 1.54) is 43.4 Å². The molecule has 1 amide bonds. The molecule has 0 aliphatic heterocycles. The number of nitrogens with zero attached hydrogens (tertiary/aromatic N) is 1. The highest BCUT2D eigenvalue weighted by Gasteiger charge is 2.32. The maximum absolute atomic E-state index is 12.4. The number of carbonyl (C=O) groups is 1. The summed E-state index contributed by atoms with van der Waals surface area (Å²) >= 11 is 1.74. The maximum atomic E-state index is 12.4. The molecule has 0 bridgehead atoms. The van der Waals surface area contributed by atoms with E-state index in [4.69, 9.17) is 0 Å². The summed E-state index contributed by atoms with van der Waals surface area (Å²) in [4.78, 5) is 15.7. The van der Waals surface area contributed by atoms with Gasteiger partial charge in [0.15, 0.2) is 0 Å². The van der Waals surface area contributed by atoms with Crippen LogP contribution in [0.2, 0.25) is 0 Å². The lowest BCUT2D eigenvalue weighted by molar-refractivity contribution is -0.131. The third kappa shape index (κ3) is 3.57. The SMILES string of the molecule is O=C(CNC1CCCC1)N(Cc1cccs1)C1CC1. The Kier molecular flexibility index (Phi) is 4.18. The van der Waals surface area contributed by atoms with E-state index in [0.717, 1.165) is 6.54 Å². The van der Waals surface area contributed by atoms with Crippen molar-refractivity contribution < 1.29 is 4.79 Å². The summed E-state index contributed by atoms with van der Waals surface area (Å²) in [6, 6.07) is 5.26. The first-order valence-electron chi connectivity index (χ1n) is 7.38. The third-order valence-corrected chi connectivity index (χ3v) is 4.97. The number of nitrogens with one attached hydrogen (secondary N) is 1. The fraction of sp³-hybridized carbons (Fsp3) is 0.667. The van der Waals surface area contributed by atoms with E-state index in [0.29, 0.717) is 18.6 Å². The van der Waals surface area contributed by atoms with Gasteiger partial charge in [-0.05, 0) is 37.1 Å². The van der Waals surface area contributed by atoms with Crippen molar-refractivity contribution in [2.24, 2.45) is 0 Å². The van der Waals surface area contributed by atoms with Crippen LogP contribution in [0, 0.1) is 0 Å². The Morgan fingerprint density at radius 3 is 2.74 bits per heavy atom. The van der Waals surface area contributed by atoms with E-state index in [1.807, 2.05) is 0 Å². The van der Waals surface area contributed by atoms with E-state index < -0.39 is 0 Å². The molecule has 2 saturated carbocycles. The summed E-state index contributed by atoms with van der Waals surface area (Å²) in [7, 11) is 0. The Labute approximate surface area is 119 Å². The predicted molar refractivity (Wildman–Crippen MR) is 78.1 cm³/mol. The average Bonchev–Trinajstić information content (AvgIpc) is 2.94. The molecule has 2 aliphatic carbocycles. The van der Waals surface area contributed by atoms with Crippen LogP contribution in [0.1, 0.15) is 43.4 Å². The molecule has 1 heterocycles. The molecule has 0 radical (unpaired) electrons. The molecule has 3 nitrogen and oxygen atoms in total. The van der Waals surface area contributed by atoms with Gasteiger partial charge in [0.25, 0.3) is 0 Å². The Bertz CT molecular complexity index is 408. The van der Waals surface area contributed by atoms with E-state index in [9.17, 15) is 4.79 Å². The molecular formula is C15H22N2OS. The molecule has 3 rings (SSSR count). The van der Waals surface area contributed by atoms with Crippen molar-refractivity contribution in [2.75, 3.05) is 6.54 Å². The van der Waals surface area contributed by atoms with Crippen LogP contribution in [-0.2, 0) is 11.3 Å². The topological polar surface area (TPSA) is 32.3 Å². The van der Waals surface area contributed by atoms with Gasteiger partial charge in [0.05, 0.1) is 13.1 Å². The zero-order chi connectivity index (χ0) is 13.1. The molecule has 0 spiro atoms. The fourth-order valence-corrected chi connectivity index (χ4v) is 3.54. The average molecular weight is 278 g/mol. The minimum atomic E-state index is 0.280. The number of amides is 1. The highest BCUT2D eigenvalue weighted by molar-refractivity contribution is 7.09. The summed E-state index contributed by atoms with van der Waals surface area (Å²) in [5, 5.41) is 5.52. The lowest BCUT2D eigenvalue weighted by Crippen LogP contribution is -2.41. The van der Waals surface area contributed by atoms with E-state index in [2.05, 4.69) is 27.7 Å². The Hall–Kier alpha value is -0.870. The first-order chi connectivity index (χ1) is 9.33. The normalized spacial score (nSPS) is 19.8. The molecule has 19 heavy (non-hydrogen) atoms. The van der Waals surface area contributed by atoms with Crippen molar-refractivity contribution in [1.82, 2.24) is 10.2 Å². The van der Waals surface area contributed by atoms with Crippen LogP contribution in [0.5, 0.6) is 0 Å². The van der Waals surface area contributed by atoms with E-state index >= 15 is 0 Å². The Morgan fingerprint density at radius 1 is 1.32 bits per heavy atom. The second kappa shape index (κ2) is 6.06. The zero-order valence-corrected chi connectivity index (χ0v) is 12.1. The monoisotopic (exact) mass is 278 g/mol. The van der Waals surface area contributed by atoms with Gasteiger partial charge in [0.2, 0.25) is 5.91 Å². The van der Waals surface area contributed by atoms with Crippen LogP contribution in [0.25, 0.3) is 0 Å². The summed E-state index contributed by atoms with van der Waals surface area (Å²) in [6.07, 6.45) is 7.46. The van der Waals surface area contributed by atoms with Gasteiger partial charge in [0.1, 0.15) is 0 Å². The van der Waals surface area contributed by atoms with Gasteiger partial charge in [-0.1, -0.05) is 18.9 Å². The number of hydrogen-bond donors (Lipinski definition) is 1. The second-order valence-electron chi connectivity index (χ2n) is 5.69. The molecule has 0 aromatic carbocycles. The molecule has 0 saturated heterocycles. The molecule has 2 fully saturated rings. The van der Waals surface area contributed by atoms with Gasteiger partial charge >= 0.3 is 0 Å². The Morgan fingerprint density at radius 2 is 2.11 bits per heavy atom. The van der Waals surface area contributed by atoms with Crippen LogP contribution < -0.4 is 5.32 Å². The lowest BCUT2D eigenvalue weighted by Gasteiger charge is -2.23. The Balaban J connectivity index is 1.52. The smallest absolute Gasteiger partial charge is 0.237 e. The number of rotatable bonds is 6. The molecule has 1 aromatic rings. The molecule has 0 atom stereocenters. The summed E-state index contributed by atoms with van der Waals surface area (Å²) in [5.74, 6) is 0.280. The van der Waals surface area contributed by atoms with Gasteiger partial charge in [-0.25, -0.2) is 0 Å². The standard InChI is InChI=1S/C15H22N2OS/c18-15(10-16-12-4-1-2-5-12)17(13-7-8-13)11-14-6-3-9-19-14/h3,6,9,12-13,16H,1-2,4-5,7-8,10-11H2. The van der Waals surface area contributed by atoms with Crippen molar-refractivity contribution >= 4 is 17.2 Å². The third-order valence-electron chi connectivity index (χ3n) is 4.11. The first kappa shape index (κ1) is 13.1. The molecule has 4 heteroatoms. The second-order valence-corrected chi connectivity index (χ2v) is 6.73. The minimum Gasteiger partial charge on any atom is -0.333 e. The largest absolute Gasteiger partial charge is 0.333 e. The van der Waals surface area contributed by atoms with Crippen molar-refractivity contribution in [3.8, 4) is 0 Å². The van der Waals surface area contributed by atoms with Gasteiger partial charge in [0, 0.05) is 17.0 Å². The zero-order valence-electron chi connectivity index (χ0n) is 11.3. The van der Waals surface area contributed by atoms with Gasteiger partial charge in [-0.2, -0.15) is 0 Å². The summed E-state index contributed by atoms with van der Waals surface area (Å²) in [5.41, 5.74) is 0. The number of hydrogen-bond acceptors (Lipinski definition) is 3. The quantitative estimate of drug-likeness (QED) is 0.868. The molecule has 1 N–H and O–H groups in total. The van der Waals surface area contributed by atoms with Gasteiger partial charge < -0.3 is 10.2 Å². The lowest BCUT2D eigenvalue weighted by atomic mass is 10.2. The highest BCUT2D eigenvalue weighted by atomic mass is 32.1. The number of carbonyl (C=O) groups excluding carboxylic acids is 1. The van der Waals surface area contributed by atoms with Crippen LogP contribution in [0.4, 0.5) is 0 Å². The predicted octanol–water partition coefficient (Wildman–Crippen LogP) is 2.77. The molecule has 0 unspecified atom stereocenters. The van der Waals surface area contributed by atoms with Crippen molar-refractivity contribution in [3.63, 3.8) is 0 Å². The molecule has 104 valence electrons. The minimum absolute atomic E-state index is 0.280. The van der Waals surface area contributed by atoms with E-state index in [1.54, 1.807) is 11.3 Å². The van der Waals surface area contributed by atoms with Crippen LogP contribution in [0.3, 0.4) is 0 Å². The fourth-order valence-electron chi connectivity index (χ4n) is 2.84. The maximum Gasteiger partial charge on any atom is 0.237 e. The van der Waals surface area contributed by atoms with Crippen LogP contribution >= 0.6 is 11.3 Å². The van der Waals surface area contributed by atoms with Crippen molar-refractivity contribution in [3.05, 3.63) is 22.4 Å². The molecular weight excluding hydrogens is 256 g/mol. The van der Waals surface area contributed by atoms with Crippen LogP contribution in [0.15, 0.2) is 17.5 Å². The molecule has 2 aliphatic rings. The van der Waals surface area contributed by atoms with E-state index in [-0.39, 0.29) is 5.91 Å². The van der Waals surface area contributed by atoms with Gasteiger partial charge in [-0.15, -0.1) is 11.3 Å². The van der Waals surface area contributed by atoms with Gasteiger partial charge in [-0.3, -0.25) is 4.79 Å². The first-order valence-corrected chi connectivity index (χ1v) is 8.26. The van der Waals surface area contributed by atoms with Crippen molar-refractivity contribution in [2.45, 2.75) is 57.2 Å². The summed E-state index contributed by atoms with van der Waals surface area (Å²) < 4.78 is 0. The highest BCUT2D eigenvalue weighted by Crippen LogP contribution is 2.29. The molecule has 1 aromatic heterocycles. The van der Waals surface area contributed by atoms with Crippen molar-refractivity contribution in [1.29, 1.82) is 0 Å². The number of thiophene rings is 1. The van der Waals surface area contributed by atoms with Crippen LogP contribution in [-0.4, -0.2) is 29.4 Å². The summed E-state index contributed by atoms with van der Waals surface area (Å²) in [6.45, 7) is 1.32.